The van der Waals surface area contributed by atoms with Crippen molar-refractivity contribution in [2.45, 2.75) is 6.92 Å². The first kappa shape index (κ1) is 8.41. The molecule has 1 aliphatic rings. The van der Waals surface area contributed by atoms with Crippen LogP contribution < -0.4 is 15.1 Å². The Balaban J connectivity index is 2.58. The number of hydrogen-bond acceptors (Lipinski definition) is 3. The minimum absolute atomic E-state index is 0.694. The van der Waals surface area contributed by atoms with Gasteiger partial charge in [-0.3, -0.25) is 0 Å². The average Bonchev–Trinajstić information content (AvgIpc) is 2.12. The van der Waals surface area contributed by atoms with Crippen molar-refractivity contribution in [3.63, 3.8) is 0 Å². The maximum Gasteiger partial charge on any atom is 0.237 e. The van der Waals surface area contributed by atoms with E-state index in [2.05, 4.69) is 9.88 Å². The van der Waals surface area contributed by atoms with Gasteiger partial charge in [-0.2, -0.15) is 0 Å². The van der Waals surface area contributed by atoms with Gasteiger partial charge in [0.2, 0.25) is 5.88 Å². The fraction of sp³-hybridized carbons (Fsp3) is 0.444. The predicted octanol–water partition coefficient (Wildman–Crippen LogP) is 0.0124. The van der Waals surface area contributed by atoms with Crippen LogP contribution in [-0.2, 0) is 0 Å². The van der Waals surface area contributed by atoms with Gasteiger partial charge in [0.05, 0.1) is 6.54 Å². The molecular weight excluding hydrogens is 163 g/mol. The number of ether oxygens (including phenoxy) is 1. The van der Waals surface area contributed by atoms with Crippen LogP contribution in [0.1, 0.15) is 5.56 Å². The molecule has 0 aromatic carbocycles. The van der Waals surface area contributed by atoms with Crippen LogP contribution in [0.2, 0.25) is 0 Å². The number of hydrogen-bond donors (Lipinski definition) is 0. The van der Waals surface area contributed by atoms with Crippen LogP contribution >= 0.6 is 0 Å². The van der Waals surface area contributed by atoms with Gasteiger partial charge >= 0.3 is 0 Å². The Hall–Kier alpha value is -1.19. The molecule has 0 spiro atoms. The second-order valence-corrected chi connectivity index (χ2v) is 3.26. The normalized spacial score (nSPS) is 15.1. The molecule has 66 valence electrons. The quantitative estimate of drug-likeness (QED) is 0.518. The molecule has 1 aromatic rings. The SMILES string of the molecule is [B]c1cnc2c(c1C)N(C)CCO2. The number of fused-ring (bicyclic) bond motifs is 1. The summed E-state index contributed by atoms with van der Waals surface area (Å²) in [5.74, 6) is 0.695. The zero-order chi connectivity index (χ0) is 9.42. The summed E-state index contributed by atoms with van der Waals surface area (Å²) in [5.41, 5.74) is 2.79. The van der Waals surface area contributed by atoms with Crippen molar-refractivity contribution in [1.82, 2.24) is 4.98 Å². The van der Waals surface area contributed by atoms with Crippen LogP contribution in [0.25, 0.3) is 0 Å². The molecule has 1 aromatic heterocycles. The van der Waals surface area contributed by atoms with Crippen molar-refractivity contribution >= 4 is 19.0 Å². The molecule has 4 heteroatoms. The fourth-order valence-corrected chi connectivity index (χ4v) is 1.53. The molecule has 0 bridgehead atoms. The second-order valence-electron chi connectivity index (χ2n) is 3.26. The fourth-order valence-electron chi connectivity index (χ4n) is 1.53. The van der Waals surface area contributed by atoms with Gasteiger partial charge in [0.25, 0.3) is 0 Å². The highest BCUT2D eigenvalue weighted by molar-refractivity contribution is 6.33. The minimum Gasteiger partial charge on any atom is -0.474 e. The first-order chi connectivity index (χ1) is 6.20. The molecule has 0 aliphatic carbocycles. The van der Waals surface area contributed by atoms with E-state index in [9.17, 15) is 0 Å². The number of pyridine rings is 1. The molecule has 0 N–H and O–H groups in total. The molecule has 0 saturated heterocycles. The maximum atomic E-state index is 5.76. The van der Waals surface area contributed by atoms with Gasteiger partial charge in [0.15, 0.2) is 0 Å². The van der Waals surface area contributed by atoms with E-state index in [-0.39, 0.29) is 0 Å². The highest BCUT2D eigenvalue weighted by atomic mass is 16.5. The smallest absolute Gasteiger partial charge is 0.237 e. The van der Waals surface area contributed by atoms with Crippen molar-refractivity contribution in [1.29, 1.82) is 0 Å². The Kier molecular flexibility index (Phi) is 1.91. The Bertz CT molecular complexity index is 341. The van der Waals surface area contributed by atoms with Crippen molar-refractivity contribution in [3.8, 4) is 5.88 Å². The van der Waals surface area contributed by atoms with Gasteiger partial charge in [0.1, 0.15) is 20.1 Å². The second kappa shape index (κ2) is 2.94. The van der Waals surface area contributed by atoms with Gasteiger partial charge in [-0.25, -0.2) is 4.98 Å². The number of anilines is 1. The molecule has 13 heavy (non-hydrogen) atoms. The monoisotopic (exact) mass is 174 g/mol. The molecular formula is C9H11BN2O. The van der Waals surface area contributed by atoms with Crippen molar-refractivity contribution < 1.29 is 4.74 Å². The lowest BCUT2D eigenvalue weighted by atomic mass is 9.92. The van der Waals surface area contributed by atoms with Crippen LogP contribution in [0, 0.1) is 6.92 Å². The van der Waals surface area contributed by atoms with Crippen LogP contribution in [0.4, 0.5) is 5.69 Å². The molecule has 2 heterocycles. The highest BCUT2D eigenvalue weighted by Crippen LogP contribution is 2.29. The van der Waals surface area contributed by atoms with Crippen LogP contribution in [-0.4, -0.2) is 33.0 Å². The molecule has 0 atom stereocenters. The van der Waals surface area contributed by atoms with Gasteiger partial charge in [-0.15, -0.1) is 0 Å². The van der Waals surface area contributed by atoms with E-state index in [0.29, 0.717) is 12.5 Å². The first-order valence-electron chi connectivity index (χ1n) is 4.29. The summed E-state index contributed by atoms with van der Waals surface area (Å²) in [7, 11) is 7.78. The standard InChI is InChI=1S/C9H11BN2O/c1-6-7(10)5-11-9-8(6)12(2)3-4-13-9/h5H,3-4H2,1-2H3. The molecule has 3 nitrogen and oxygen atoms in total. The summed E-state index contributed by atoms with van der Waals surface area (Å²) in [6.07, 6.45) is 1.65. The summed E-state index contributed by atoms with van der Waals surface area (Å²) in [6.45, 7) is 3.57. The number of nitrogens with zero attached hydrogens (tertiary/aromatic N) is 2. The van der Waals surface area contributed by atoms with Crippen LogP contribution in [0.3, 0.4) is 0 Å². The van der Waals surface area contributed by atoms with E-state index in [1.54, 1.807) is 6.20 Å². The summed E-state index contributed by atoms with van der Waals surface area (Å²) >= 11 is 0. The Labute approximate surface area is 79.1 Å². The summed E-state index contributed by atoms with van der Waals surface area (Å²) in [5, 5.41) is 0. The third-order valence-corrected chi connectivity index (χ3v) is 2.36. The zero-order valence-corrected chi connectivity index (χ0v) is 7.87. The van der Waals surface area contributed by atoms with Gasteiger partial charge in [-0.1, -0.05) is 5.46 Å². The van der Waals surface area contributed by atoms with Crippen molar-refractivity contribution in [3.05, 3.63) is 11.8 Å². The maximum absolute atomic E-state index is 5.76. The molecule has 0 fully saturated rings. The van der Waals surface area contributed by atoms with Crippen LogP contribution in [0.15, 0.2) is 6.20 Å². The molecule has 2 rings (SSSR count). The lowest BCUT2D eigenvalue weighted by Crippen LogP contribution is -2.31. The highest BCUT2D eigenvalue weighted by Gasteiger charge is 2.18. The summed E-state index contributed by atoms with van der Waals surface area (Å²) in [4.78, 5) is 6.26. The van der Waals surface area contributed by atoms with Crippen molar-refractivity contribution in [2.24, 2.45) is 0 Å². The summed E-state index contributed by atoms with van der Waals surface area (Å²) in [6, 6.07) is 0. The zero-order valence-electron chi connectivity index (χ0n) is 7.87. The predicted molar refractivity (Wildman–Crippen MR) is 53.1 cm³/mol. The lowest BCUT2D eigenvalue weighted by molar-refractivity contribution is 0.298. The average molecular weight is 174 g/mol. The number of likely N-dealkylation sites (N-methyl/N-ethyl adjacent to an activating group) is 1. The van der Waals surface area contributed by atoms with E-state index in [1.807, 2.05) is 14.0 Å². The molecule has 1 aliphatic heterocycles. The van der Waals surface area contributed by atoms with E-state index < -0.39 is 0 Å². The Morgan fingerprint density at radius 1 is 1.62 bits per heavy atom. The van der Waals surface area contributed by atoms with Gasteiger partial charge in [0, 0.05) is 13.2 Å². The van der Waals surface area contributed by atoms with Gasteiger partial charge < -0.3 is 9.64 Å². The third-order valence-electron chi connectivity index (χ3n) is 2.36. The molecule has 0 unspecified atom stereocenters. The summed E-state index contributed by atoms with van der Waals surface area (Å²) < 4.78 is 5.42. The van der Waals surface area contributed by atoms with E-state index in [1.165, 1.54) is 0 Å². The van der Waals surface area contributed by atoms with Crippen molar-refractivity contribution in [2.75, 3.05) is 25.1 Å². The lowest BCUT2D eigenvalue weighted by Gasteiger charge is -2.28. The largest absolute Gasteiger partial charge is 0.474 e. The molecule has 2 radical (unpaired) electrons. The minimum atomic E-state index is 0.694. The van der Waals surface area contributed by atoms with E-state index in [0.717, 1.165) is 23.3 Å². The third kappa shape index (κ3) is 1.26. The topological polar surface area (TPSA) is 25.4 Å². The molecule has 0 amide bonds. The Morgan fingerprint density at radius 2 is 2.38 bits per heavy atom. The number of aromatic nitrogens is 1. The van der Waals surface area contributed by atoms with Crippen LogP contribution in [0.5, 0.6) is 5.88 Å². The van der Waals surface area contributed by atoms with E-state index in [4.69, 9.17) is 12.6 Å². The Morgan fingerprint density at radius 3 is 3.15 bits per heavy atom. The molecule has 0 saturated carbocycles. The van der Waals surface area contributed by atoms with Gasteiger partial charge in [-0.05, 0) is 12.5 Å². The first-order valence-corrected chi connectivity index (χ1v) is 4.29. The van der Waals surface area contributed by atoms with E-state index >= 15 is 0 Å². The number of rotatable bonds is 0.